The number of halogens is 3. The predicted molar refractivity (Wildman–Crippen MR) is 278 cm³/mol. The SMILES string of the molecule is C.C.C.C.C.C.C.C.C.C.C.C.C.C.C.C.C.C.C.C.C.C.C.Nc1c2c([nH+]c3ccccc13)CC1C=C(CCCCn3cc(CO)nn3)CC2C1.O=C([O-])C(F)(F)F. The number of fused-ring (bicyclic) bond motifs is 5. The molecule has 0 radical (unpaired) electrons. The molecule has 2 aromatic heterocycles. The largest absolute Gasteiger partial charge is 0.542 e. The van der Waals surface area contributed by atoms with E-state index in [1.807, 2.05) is 10.9 Å². The minimum atomic E-state index is -5.19. The molecule has 2 bridgehead atoms. The highest BCUT2D eigenvalue weighted by Gasteiger charge is 2.36. The fourth-order valence-electron chi connectivity index (χ4n) is 5.18. The summed E-state index contributed by atoms with van der Waals surface area (Å²) in [6.07, 6.45) is 5.91. The van der Waals surface area contributed by atoms with Crippen molar-refractivity contribution in [3.63, 3.8) is 0 Å². The molecule has 4 N–H and O–H groups in total. The molecule has 0 saturated carbocycles. The minimum Gasteiger partial charge on any atom is -0.542 e. The lowest BCUT2D eigenvalue weighted by Gasteiger charge is -2.34. The monoisotopic (exact) mass is 872 g/mol. The van der Waals surface area contributed by atoms with Gasteiger partial charge in [0.1, 0.15) is 11.7 Å². The zero-order valence-corrected chi connectivity index (χ0v) is 19.6. The van der Waals surface area contributed by atoms with E-state index >= 15 is 0 Å². The summed E-state index contributed by atoms with van der Waals surface area (Å²) >= 11 is 0. The van der Waals surface area contributed by atoms with Crippen molar-refractivity contribution in [3.05, 3.63) is 59.1 Å². The number of carbonyl (C=O) groups is 1. The Morgan fingerprint density at radius 1 is 0.780 bits per heavy atom. The molecular weight excluding hydrogens is 752 g/mol. The summed E-state index contributed by atoms with van der Waals surface area (Å²) in [5.41, 5.74) is 13.7. The second-order valence-electron chi connectivity index (χ2n) is 9.28. The minimum absolute atomic E-state index is 0. The van der Waals surface area contributed by atoms with Gasteiger partial charge in [0.25, 0.3) is 0 Å². The van der Waals surface area contributed by atoms with Gasteiger partial charge in [0.2, 0.25) is 5.52 Å². The lowest BCUT2D eigenvalue weighted by molar-refractivity contribution is -0.360. The number of benzene rings is 1. The molecule has 2 aliphatic carbocycles. The van der Waals surface area contributed by atoms with Gasteiger partial charge in [-0.2, -0.15) is 13.2 Å². The van der Waals surface area contributed by atoms with Gasteiger partial charge in [-0.15, -0.1) is 5.10 Å². The van der Waals surface area contributed by atoms with Crippen molar-refractivity contribution in [2.24, 2.45) is 5.92 Å². The molecule has 0 amide bonds. The van der Waals surface area contributed by atoms with Crippen molar-refractivity contribution in [2.45, 2.75) is 235 Å². The number of para-hydroxylation sites is 1. The third-order valence-corrected chi connectivity index (χ3v) is 6.67. The second kappa shape index (κ2) is 56.6. The molecule has 11 heteroatoms. The summed E-state index contributed by atoms with van der Waals surface area (Å²) in [6.45, 7) is 0.802. The maximum Gasteiger partial charge on any atom is 0.430 e. The lowest BCUT2D eigenvalue weighted by Crippen LogP contribution is -2.37. The van der Waals surface area contributed by atoms with Crippen LogP contribution in [0.15, 0.2) is 42.1 Å². The number of aromatic nitrogens is 4. The molecule has 2 heterocycles. The van der Waals surface area contributed by atoms with Crippen LogP contribution in [0, 0.1) is 5.92 Å². The molecule has 2 aliphatic rings. The van der Waals surface area contributed by atoms with Gasteiger partial charge in [-0.25, -0.2) is 4.98 Å². The van der Waals surface area contributed by atoms with E-state index in [4.69, 9.17) is 20.7 Å². The molecular formula is C48H120F3N5O3. The number of rotatable bonds is 6. The van der Waals surface area contributed by atoms with E-state index in [1.165, 1.54) is 17.7 Å². The Balaban J connectivity index is -0.0000000263. The summed E-state index contributed by atoms with van der Waals surface area (Å²) in [6, 6.07) is 8.38. The van der Waals surface area contributed by atoms with E-state index in [2.05, 4.69) is 45.6 Å². The number of nitrogens with two attached hydrogens (primary N) is 1. The Labute approximate surface area is 375 Å². The quantitative estimate of drug-likeness (QED) is 0.187. The fourth-order valence-corrected chi connectivity index (χ4v) is 5.18. The van der Waals surface area contributed by atoms with Crippen LogP contribution in [0.2, 0.25) is 0 Å². The number of carbonyl (C=O) groups excluding carboxylic acids is 1. The number of nitrogens with zero attached hydrogens (tertiary/aromatic N) is 3. The first-order valence-electron chi connectivity index (χ1n) is 11.9. The van der Waals surface area contributed by atoms with Crippen molar-refractivity contribution in [1.29, 1.82) is 0 Å². The van der Waals surface area contributed by atoms with Crippen LogP contribution in [-0.4, -0.2) is 32.2 Å². The summed E-state index contributed by atoms with van der Waals surface area (Å²) in [4.78, 5) is 12.5. The number of nitrogens with one attached hydrogen (secondary N) is 1. The van der Waals surface area contributed by atoms with E-state index < -0.39 is 12.1 Å². The van der Waals surface area contributed by atoms with Crippen LogP contribution < -0.4 is 15.8 Å². The first-order valence-corrected chi connectivity index (χ1v) is 11.9. The van der Waals surface area contributed by atoms with Crippen molar-refractivity contribution < 1.29 is 33.2 Å². The molecule has 0 fully saturated rings. The van der Waals surface area contributed by atoms with E-state index in [0.717, 1.165) is 55.2 Å². The third-order valence-electron chi connectivity index (χ3n) is 6.67. The number of carboxylic acids is 1. The maximum atomic E-state index is 10.5. The predicted octanol–water partition coefficient (Wildman–Crippen LogP) is 17.1. The molecule has 0 aliphatic heterocycles. The van der Waals surface area contributed by atoms with Gasteiger partial charge in [-0.05, 0) is 50.0 Å². The van der Waals surface area contributed by atoms with E-state index in [0.29, 0.717) is 17.5 Å². The van der Waals surface area contributed by atoms with Crippen LogP contribution in [0.5, 0.6) is 0 Å². The number of aromatic amines is 1. The number of anilines is 1. The van der Waals surface area contributed by atoms with E-state index in [1.54, 1.807) is 5.57 Å². The van der Waals surface area contributed by atoms with Crippen molar-refractivity contribution in [2.75, 3.05) is 5.73 Å². The fraction of sp³-hybridized carbons (Fsp3) is 0.708. The Morgan fingerprint density at radius 2 is 1.24 bits per heavy atom. The molecule has 2 unspecified atom stereocenters. The number of hydrogen-bond acceptors (Lipinski definition) is 6. The van der Waals surface area contributed by atoms with Crippen LogP contribution in [0.25, 0.3) is 10.9 Å². The van der Waals surface area contributed by atoms with Gasteiger partial charge in [-0.1, -0.05) is 200 Å². The van der Waals surface area contributed by atoms with Gasteiger partial charge in [-0.3, -0.25) is 4.68 Å². The third kappa shape index (κ3) is 33.0. The number of allylic oxidation sites excluding steroid dienone is 2. The highest BCUT2D eigenvalue weighted by atomic mass is 19.4. The van der Waals surface area contributed by atoms with Gasteiger partial charge in [0.05, 0.1) is 23.9 Å². The number of hydrogen-bond donors (Lipinski definition) is 2. The Morgan fingerprint density at radius 3 is 1.66 bits per heavy atom. The number of aliphatic carboxylic acids is 1. The zero-order chi connectivity index (χ0) is 25.9. The Kier molecular flexibility index (Phi) is 126. The average molecular weight is 873 g/mol. The number of alkyl halides is 3. The number of nitrogen functional groups attached to an aromatic ring is 1. The average Bonchev–Trinajstić information content (AvgIpc) is 3.29. The van der Waals surface area contributed by atoms with Crippen LogP contribution in [0.4, 0.5) is 18.9 Å². The molecule has 0 spiro atoms. The van der Waals surface area contributed by atoms with E-state index in [-0.39, 0.29) is 177 Å². The topological polar surface area (TPSA) is 131 Å². The van der Waals surface area contributed by atoms with Gasteiger partial charge in [0, 0.05) is 24.6 Å². The molecule has 0 saturated heterocycles. The van der Waals surface area contributed by atoms with Gasteiger partial charge >= 0.3 is 6.18 Å². The highest BCUT2D eigenvalue weighted by molar-refractivity contribution is 5.90. The maximum absolute atomic E-state index is 10.5. The number of carboxylic acid groups (broad SMARTS) is 1. The first-order chi connectivity index (χ1) is 17.2. The summed E-state index contributed by atoms with van der Waals surface area (Å²) in [7, 11) is 0. The normalized spacial score (nSPS) is 11.4. The molecule has 5 rings (SSSR count). The number of aliphatic hydroxyl groups is 1. The van der Waals surface area contributed by atoms with Crippen molar-refractivity contribution >= 4 is 22.6 Å². The van der Waals surface area contributed by atoms with Crippen LogP contribution in [0.3, 0.4) is 0 Å². The Bertz CT molecular complexity index is 1280. The van der Waals surface area contributed by atoms with E-state index in [9.17, 15) is 13.2 Å². The van der Waals surface area contributed by atoms with Gasteiger partial charge in [0.15, 0.2) is 5.69 Å². The summed E-state index contributed by atoms with van der Waals surface area (Å²) < 4.78 is 33.4. The molecule has 3 aromatic rings. The highest BCUT2D eigenvalue weighted by Crippen LogP contribution is 2.46. The zero-order valence-electron chi connectivity index (χ0n) is 19.6. The number of unbranched alkanes of at least 4 members (excludes halogenated alkanes) is 1. The number of H-pyrrole nitrogens is 1. The molecule has 1 aromatic carbocycles. The standard InChI is InChI=1S/C23H27N5O.C2HF3O2.23CH4/c24-23-19-6-1-2-7-20(19)25-21-12-16-9-15(10-17(11-16)22(21)23)5-3-4-8-28-13-18(14-29)26-27-28;3-2(4,5)1(6)7;;;;;;;;;;;;;;;;;;;;;;;/h1-2,6-7,9,13,16-17,29H,3-5,8,10-12,14H2,(H2,24,25);(H,6,7);23*1H4. The van der Waals surface area contributed by atoms with Gasteiger partial charge < -0.3 is 20.7 Å². The molecule has 2 atom stereocenters. The van der Waals surface area contributed by atoms with Crippen LogP contribution in [-0.2, 0) is 24.4 Å². The Hall–Kier alpha value is -3.47. The lowest BCUT2D eigenvalue weighted by atomic mass is 9.70. The molecule has 8 nitrogen and oxygen atoms in total. The number of aryl methyl sites for hydroxylation is 1. The van der Waals surface area contributed by atoms with Crippen LogP contribution in [0.1, 0.15) is 226 Å². The number of aliphatic hydroxyl groups excluding tert-OH is 1. The molecule has 376 valence electrons. The molecule has 59 heavy (non-hydrogen) atoms. The summed E-state index contributed by atoms with van der Waals surface area (Å²) in [5.74, 6) is -1.85. The summed E-state index contributed by atoms with van der Waals surface area (Å²) in [5, 5.41) is 27.0. The first kappa shape index (κ1) is 131. The van der Waals surface area contributed by atoms with Crippen LogP contribution >= 0.6 is 0 Å². The number of pyridine rings is 1. The van der Waals surface area contributed by atoms with Crippen molar-refractivity contribution in [3.8, 4) is 0 Å². The smallest absolute Gasteiger partial charge is 0.430 e. The second-order valence-corrected chi connectivity index (χ2v) is 9.28. The van der Waals surface area contributed by atoms with Crippen molar-refractivity contribution in [1.82, 2.24) is 15.0 Å².